The molecule has 3 atom stereocenters. The van der Waals surface area contributed by atoms with Crippen molar-refractivity contribution in [2.75, 3.05) is 19.7 Å². The highest BCUT2D eigenvalue weighted by molar-refractivity contribution is 6.74. The lowest BCUT2D eigenvalue weighted by Gasteiger charge is -2.37. The van der Waals surface area contributed by atoms with Crippen molar-refractivity contribution in [2.24, 2.45) is 5.92 Å². The SMILES string of the molecule is CC(C)(C)[Si](C)(C)OC[C@H]1CN([C@@H](C(=O)O)c2ccccc2Cl)C[C@@H]1c1ccccc1. The van der Waals surface area contributed by atoms with E-state index in [0.717, 1.165) is 0 Å². The molecular formula is C25H34ClNO3Si. The zero-order valence-electron chi connectivity index (χ0n) is 19.1. The van der Waals surface area contributed by atoms with Crippen LogP contribution < -0.4 is 0 Å². The summed E-state index contributed by atoms with van der Waals surface area (Å²) in [4.78, 5) is 14.4. The van der Waals surface area contributed by atoms with E-state index in [0.29, 0.717) is 30.3 Å². The predicted octanol–water partition coefficient (Wildman–Crippen LogP) is 6.20. The van der Waals surface area contributed by atoms with Crippen LogP contribution >= 0.6 is 11.6 Å². The van der Waals surface area contributed by atoms with Gasteiger partial charge in [-0.05, 0) is 35.3 Å². The minimum absolute atomic E-state index is 0.134. The Labute approximate surface area is 192 Å². The molecule has 3 rings (SSSR count). The molecule has 0 aromatic heterocycles. The van der Waals surface area contributed by atoms with Gasteiger partial charge in [-0.2, -0.15) is 0 Å². The van der Waals surface area contributed by atoms with E-state index in [2.05, 4.69) is 50.9 Å². The van der Waals surface area contributed by atoms with Crippen LogP contribution in [0.1, 0.15) is 43.9 Å². The molecular weight excluding hydrogens is 426 g/mol. The summed E-state index contributed by atoms with van der Waals surface area (Å²) in [6.07, 6.45) is 0. The molecule has 2 aromatic carbocycles. The number of rotatable bonds is 7. The second kappa shape index (κ2) is 9.45. The monoisotopic (exact) mass is 459 g/mol. The summed E-state index contributed by atoms with van der Waals surface area (Å²) < 4.78 is 6.59. The molecule has 0 radical (unpaired) electrons. The first kappa shape index (κ1) is 24.0. The minimum atomic E-state index is -1.90. The van der Waals surface area contributed by atoms with Gasteiger partial charge in [-0.25, -0.2) is 0 Å². The van der Waals surface area contributed by atoms with Gasteiger partial charge in [0.2, 0.25) is 0 Å². The average molecular weight is 460 g/mol. The quantitative estimate of drug-likeness (QED) is 0.500. The normalized spacial score (nSPS) is 21.2. The summed E-state index contributed by atoms with van der Waals surface area (Å²) in [5.74, 6) is -0.429. The number of carboxylic acids is 1. The topological polar surface area (TPSA) is 49.8 Å². The molecule has 0 amide bonds. The Hall–Kier alpha value is -1.66. The zero-order valence-corrected chi connectivity index (χ0v) is 20.9. The zero-order chi connectivity index (χ0) is 22.8. The summed E-state index contributed by atoms with van der Waals surface area (Å²) in [5.41, 5.74) is 1.88. The first-order valence-electron chi connectivity index (χ1n) is 10.9. The van der Waals surface area contributed by atoms with Crippen molar-refractivity contribution in [3.05, 3.63) is 70.7 Å². The number of carbonyl (C=O) groups is 1. The van der Waals surface area contributed by atoms with Crippen molar-refractivity contribution in [1.82, 2.24) is 4.90 Å². The Morgan fingerprint density at radius 2 is 1.74 bits per heavy atom. The van der Waals surface area contributed by atoms with Crippen LogP contribution in [0.15, 0.2) is 54.6 Å². The molecule has 1 fully saturated rings. The predicted molar refractivity (Wildman–Crippen MR) is 129 cm³/mol. The fourth-order valence-electron chi connectivity index (χ4n) is 4.08. The lowest BCUT2D eigenvalue weighted by Crippen LogP contribution is -2.42. The Morgan fingerprint density at radius 1 is 1.13 bits per heavy atom. The van der Waals surface area contributed by atoms with Gasteiger partial charge in [0.15, 0.2) is 8.32 Å². The van der Waals surface area contributed by atoms with Crippen LogP contribution in [-0.2, 0) is 9.22 Å². The molecule has 0 saturated carbocycles. The maximum Gasteiger partial charge on any atom is 0.325 e. The van der Waals surface area contributed by atoms with E-state index in [9.17, 15) is 9.90 Å². The van der Waals surface area contributed by atoms with Crippen molar-refractivity contribution < 1.29 is 14.3 Å². The summed E-state index contributed by atoms with van der Waals surface area (Å²) >= 11 is 6.39. The van der Waals surface area contributed by atoms with Crippen LogP contribution in [0.2, 0.25) is 23.2 Å². The van der Waals surface area contributed by atoms with E-state index < -0.39 is 20.3 Å². The molecule has 0 aliphatic carbocycles. The van der Waals surface area contributed by atoms with Gasteiger partial charge in [-0.1, -0.05) is 80.9 Å². The molecule has 168 valence electrons. The fourth-order valence-corrected chi connectivity index (χ4v) is 5.38. The maximum absolute atomic E-state index is 12.3. The van der Waals surface area contributed by atoms with Gasteiger partial charge in [0, 0.05) is 36.6 Å². The molecule has 2 aromatic rings. The summed E-state index contributed by atoms with van der Waals surface area (Å²) in [6.45, 7) is 13.2. The second-order valence-corrected chi connectivity index (χ2v) is 15.3. The lowest BCUT2D eigenvalue weighted by atomic mass is 9.90. The standard InChI is InChI=1S/C25H34ClNO3Si/c1-25(2,3)31(4,5)30-17-19-15-27(16-21(19)18-11-7-6-8-12-18)23(24(28)29)20-13-9-10-14-22(20)26/h6-14,19,21,23H,15-17H2,1-5H3,(H,28,29)/t19-,21-,23-/m1/s1. The summed E-state index contributed by atoms with van der Waals surface area (Å²) in [7, 11) is -1.90. The fraction of sp³-hybridized carbons (Fsp3) is 0.480. The number of likely N-dealkylation sites (tertiary alicyclic amines) is 1. The highest BCUT2D eigenvalue weighted by Gasteiger charge is 2.43. The largest absolute Gasteiger partial charge is 0.480 e. The Bertz CT molecular complexity index is 897. The van der Waals surface area contributed by atoms with Crippen LogP contribution in [-0.4, -0.2) is 44.0 Å². The van der Waals surface area contributed by atoms with Gasteiger partial charge in [0.1, 0.15) is 6.04 Å². The van der Waals surface area contributed by atoms with Crippen molar-refractivity contribution in [3.63, 3.8) is 0 Å². The van der Waals surface area contributed by atoms with E-state index in [1.54, 1.807) is 6.07 Å². The molecule has 1 aliphatic rings. The average Bonchev–Trinajstić information content (AvgIpc) is 3.11. The molecule has 31 heavy (non-hydrogen) atoms. The number of halogens is 1. The molecule has 4 nitrogen and oxygen atoms in total. The third-order valence-electron chi connectivity index (χ3n) is 6.96. The molecule has 1 saturated heterocycles. The van der Waals surface area contributed by atoms with Crippen LogP contribution in [0, 0.1) is 5.92 Å². The van der Waals surface area contributed by atoms with Crippen LogP contribution in [0.4, 0.5) is 0 Å². The van der Waals surface area contributed by atoms with Crippen molar-refractivity contribution in [3.8, 4) is 0 Å². The van der Waals surface area contributed by atoms with Gasteiger partial charge in [-0.3, -0.25) is 9.69 Å². The number of nitrogens with zero attached hydrogens (tertiary/aromatic N) is 1. The third-order valence-corrected chi connectivity index (χ3v) is 11.8. The Kier molecular flexibility index (Phi) is 7.31. The van der Waals surface area contributed by atoms with Crippen molar-refractivity contribution in [1.29, 1.82) is 0 Å². The number of aliphatic carboxylic acids is 1. The smallest absolute Gasteiger partial charge is 0.325 e. The number of benzene rings is 2. The minimum Gasteiger partial charge on any atom is -0.480 e. The van der Waals surface area contributed by atoms with Crippen LogP contribution in [0.5, 0.6) is 0 Å². The van der Waals surface area contributed by atoms with Crippen LogP contribution in [0.25, 0.3) is 0 Å². The number of carboxylic acid groups (broad SMARTS) is 1. The Balaban J connectivity index is 1.89. The third kappa shape index (κ3) is 5.40. The molecule has 6 heteroatoms. The van der Waals surface area contributed by atoms with E-state index in [4.69, 9.17) is 16.0 Å². The van der Waals surface area contributed by atoms with Crippen molar-refractivity contribution >= 4 is 25.9 Å². The summed E-state index contributed by atoms with van der Waals surface area (Å²) in [6, 6.07) is 16.9. The van der Waals surface area contributed by atoms with Gasteiger partial charge in [0.25, 0.3) is 0 Å². The van der Waals surface area contributed by atoms with Crippen LogP contribution in [0.3, 0.4) is 0 Å². The Morgan fingerprint density at radius 3 is 2.32 bits per heavy atom. The number of hydrogen-bond acceptors (Lipinski definition) is 3. The van der Waals surface area contributed by atoms with E-state index in [-0.39, 0.29) is 16.9 Å². The van der Waals surface area contributed by atoms with Crippen molar-refractivity contribution in [2.45, 2.75) is 50.9 Å². The summed E-state index contributed by atoms with van der Waals surface area (Å²) in [5, 5.41) is 10.7. The second-order valence-electron chi connectivity index (χ2n) is 10.1. The molecule has 0 bridgehead atoms. The van der Waals surface area contributed by atoms with Gasteiger partial charge >= 0.3 is 5.97 Å². The molecule has 0 unspecified atom stereocenters. The lowest BCUT2D eigenvalue weighted by molar-refractivity contribution is -0.143. The molecule has 1 aliphatic heterocycles. The highest BCUT2D eigenvalue weighted by atomic mass is 35.5. The first-order valence-corrected chi connectivity index (χ1v) is 14.2. The highest BCUT2D eigenvalue weighted by Crippen LogP contribution is 2.41. The van der Waals surface area contributed by atoms with Gasteiger partial charge in [-0.15, -0.1) is 0 Å². The molecule has 1 heterocycles. The molecule has 0 spiro atoms. The molecule has 1 N–H and O–H groups in total. The number of hydrogen-bond donors (Lipinski definition) is 1. The van der Waals surface area contributed by atoms with E-state index in [1.165, 1.54) is 5.56 Å². The maximum atomic E-state index is 12.3. The first-order chi connectivity index (χ1) is 14.5. The van der Waals surface area contributed by atoms with E-state index in [1.807, 2.05) is 36.4 Å². The van der Waals surface area contributed by atoms with E-state index >= 15 is 0 Å². The van der Waals surface area contributed by atoms with Gasteiger partial charge in [0.05, 0.1) is 0 Å². The van der Waals surface area contributed by atoms with Gasteiger partial charge < -0.3 is 9.53 Å².